The van der Waals surface area contributed by atoms with E-state index in [0.717, 1.165) is 10.9 Å². The first kappa shape index (κ1) is 20.6. The Kier molecular flexibility index (Phi) is 6.22. The molecule has 0 aliphatic heterocycles. The van der Waals surface area contributed by atoms with Crippen molar-refractivity contribution < 1.29 is 13.2 Å². The molecular weight excluding hydrogens is 394 g/mol. The third-order valence-electron chi connectivity index (χ3n) is 4.57. The molecule has 2 heterocycles. The number of carbonyl (C=O) groups excluding carboxylic acids is 1. The number of Topliss-reactive ketones (excluding diaryl/α,β-unsaturated/α-hetero) is 1. The number of benzene rings is 1. The van der Waals surface area contributed by atoms with E-state index in [0.29, 0.717) is 23.7 Å². The number of sulfonamides is 1. The average molecular weight is 418 g/mol. The van der Waals surface area contributed by atoms with Gasteiger partial charge in [0.15, 0.2) is 5.78 Å². The van der Waals surface area contributed by atoms with Gasteiger partial charge in [-0.2, -0.15) is 4.31 Å². The number of aromatic nitrogens is 2. The number of hydrogen-bond acceptors (Lipinski definition) is 5. The molecule has 0 fully saturated rings. The Bertz CT molecular complexity index is 1070. The standard InChI is InChI=1S/C20H23N3O3S2/c1-4-23(5-2)28(25,26)15-10-11-19(22-12-15)27-14(3)20(24)17-13-21-18-9-7-6-8-16(17)18/h6-14,21H,4-5H2,1-3H3. The van der Waals surface area contributed by atoms with Gasteiger partial charge in [-0.25, -0.2) is 13.4 Å². The van der Waals surface area contributed by atoms with Crippen LogP contribution in [-0.2, 0) is 10.0 Å². The maximum absolute atomic E-state index is 12.8. The number of nitrogens with zero attached hydrogens (tertiary/aromatic N) is 2. The summed E-state index contributed by atoms with van der Waals surface area (Å²) >= 11 is 1.31. The summed E-state index contributed by atoms with van der Waals surface area (Å²) in [5, 5.41) is 1.16. The van der Waals surface area contributed by atoms with Crippen LogP contribution < -0.4 is 0 Å². The van der Waals surface area contributed by atoms with E-state index in [2.05, 4.69) is 9.97 Å². The second-order valence-corrected chi connectivity index (χ2v) is 9.59. The average Bonchev–Trinajstić information content (AvgIpc) is 3.12. The number of thioether (sulfide) groups is 1. The van der Waals surface area contributed by atoms with Gasteiger partial charge < -0.3 is 4.98 Å². The summed E-state index contributed by atoms with van der Waals surface area (Å²) < 4.78 is 26.5. The molecule has 0 saturated carbocycles. The molecule has 3 aromatic rings. The Labute approximate surface area is 169 Å². The number of H-pyrrole nitrogens is 1. The highest BCUT2D eigenvalue weighted by Crippen LogP contribution is 2.28. The van der Waals surface area contributed by atoms with Crippen molar-refractivity contribution >= 4 is 38.5 Å². The van der Waals surface area contributed by atoms with Gasteiger partial charge in [0.1, 0.15) is 4.90 Å². The number of aromatic amines is 1. The number of ketones is 1. The van der Waals surface area contributed by atoms with Gasteiger partial charge in [0.05, 0.1) is 10.3 Å². The molecule has 8 heteroatoms. The lowest BCUT2D eigenvalue weighted by Gasteiger charge is -2.18. The molecule has 0 radical (unpaired) electrons. The van der Waals surface area contributed by atoms with Crippen molar-refractivity contribution in [2.24, 2.45) is 0 Å². The van der Waals surface area contributed by atoms with E-state index in [-0.39, 0.29) is 15.9 Å². The summed E-state index contributed by atoms with van der Waals surface area (Å²) in [7, 11) is -3.53. The molecule has 3 rings (SSSR count). The fourth-order valence-corrected chi connectivity index (χ4v) is 5.29. The molecule has 0 aliphatic carbocycles. The van der Waals surface area contributed by atoms with Crippen molar-refractivity contribution in [1.29, 1.82) is 0 Å². The van der Waals surface area contributed by atoms with Crippen LogP contribution in [0, 0.1) is 0 Å². The molecule has 0 bridgehead atoms. The van der Waals surface area contributed by atoms with E-state index < -0.39 is 10.0 Å². The summed E-state index contributed by atoms with van der Waals surface area (Å²) in [6.07, 6.45) is 3.09. The van der Waals surface area contributed by atoms with Crippen molar-refractivity contribution in [1.82, 2.24) is 14.3 Å². The van der Waals surface area contributed by atoms with Gasteiger partial charge in [-0.1, -0.05) is 43.8 Å². The van der Waals surface area contributed by atoms with Gasteiger partial charge in [0.2, 0.25) is 10.0 Å². The number of hydrogen-bond donors (Lipinski definition) is 1. The zero-order chi connectivity index (χ0) is 20.3. The van der Waals surface area contributed by atoms with Crippen LogP contribution in [-0.4, -0.2) is 46.8 Å². The Hall–Kier alpha value is -2.16. The maximum Gasteiger partial charge on any atom is 0.244 e. The Morgan fingerprint density at radius 2 is 1.89 bits per heavy atom. The third-order valence-corrected chi connectivity index (χ3v) is 7.66. The predicted molar refractivity (Wildman–Crippen MR) is 112 cm³/mol. The van der Waals surface area contributed by atoms with Crippen molar-refractivity contribution in [3.63, 3.8) is 0 Å². The highest BCUT2D eigenvalue weighted by molar-refractivity contribution is 8.00. The SMILES string of the molecule is CCN(CC)S(=O)(=O)c1ccc(SC(C)C(=O)c2c[nH]c3ccccc23)nc1. The monoisotopic (exact) mass is 417 g/mol. The second kappa shape index (κ2) is 8.46. The number of carbonyl (C=O) groups is 1. The second-order valence-electron chi connectivity index (χ2n) is 6.29. The van der Waals surface area contributed by atoms with Crippen LogP contribution >= 0.6 is 11.8 Å². The first-order chi connectivity index (χ1) is 13.4. The van der Waals surface area contributed by atoms with Crippen molar-refractivity contribution in [3.8, 4) is 0 Å². The quantitative estimate of drug-likeness (QED) is 0.443. The van der Waals surface area contributed by atoms with Crippen LogP contribution in [0.5, 0.6) is 0 Å². The summed E-state index contributed by atoms with van der Waals surface area (Å²) in [6.45, 7) is 6.25. The van der Waals surface area contributed by atoms with Gasteiger partial charge in [-0.3, -0.25) is 4.79 Å². The molecule has 28 heavy (non-hydrogen) atoms. The zero-order valence-electron chi connectivity index (χ0n) is 16.0. The van der Waals surface area contributed by atoms with Gasteiger partial charge in [0.25, 0.3) is 0 Å². The normalized spacial score (nSPS) is 13.1. The Morgan fingerprint density at radius 3 is 2.54 bits per heavy atom. The van der Waals surface area contributed by atoms with Gasteiger partial charge >= 0.3 is 0 Å². The first-order valence-electron chi connectivity index (χ1n) is 9.11. The van der Waals surface area contributed by atoms with Crippen LogP contribution in [0.2, 0.25) is 0 Å². The number of nitrogens with one attached hydrogen (secondary N) is 1. The molecule has 6 nitrogen and oxygen atoms in total. The Balaban J connectivity index is 1.76. The van der Waals surface area contributed by atoms with Crippen LogP contribution in [0.3, 0.4) is 0 Å². The lowest BCUT2D eigenvalue weighted by Crippen LogP contribution is -2.30. The van der Waals surface area contributed by atoms with Crippen LogP contribution in [0.15, 0.2) is 58.7 Å². The van der Waals surface area contributed by atoms with Gasteiger partial charge in [-0.15, -0.1) is 0 Å². The zero-order valence-corrected chi connectivity index (χ0v) is 17.7. The van der Waals surface area contributed by atoms with Crippen molar-refractivity contribution in [2.75, 3.05) is 13.1 Å². The lowest BCUT2D eigenvalue weighted by molar-refractivity contribution is 0.0995. The highest BCUT2D eigenvalue weighted by Gasteiger charge is 2.23. The minimum absolute atomic E-state index is 0.00379. The molecule has 0 saturated heterocycles. The molecule has 0 aliphatic rings. The predicted octanol–water partition coefficient (Wildman–Crippen LogP) is 3.96. The fraction of sp³-hybridized carbons (Fsp3) is 0.300. The van der Waals surface area contributed by atoms with E-state index >= 15 is 0 Å². The number of rotatable bonds is 8. The van der Waals surface area contributed by atoms with E-state index in [1.807, 2.05) is 31.2 Å². The molecule has 148 valence electrons. The number of pyridine rings is 1. The fourth-order valence-electron chi connectivity index (χ4n) is 3.03. The van der Waals surface area contributed by atoms with Crippen LogP contribution in [0.4, 0.5) is 0 Å². The third kappa shape index (κ3) is 3.99. The minimum Gasteiger partial charge on any atom is -0.360 e. The summed E-state index contributed by atoms with van der Waals surface area (Å²) in [5.74, 6) is 0.00379. The van der Waals surface area contributed by atoms with Gasteiger partial charge in [-0.05, 0) is 25.1 Å². The molecule has 1 aromatic carbocycles. The van der Waals surface area contributed by atoms with E-state index in [1.165, 1.54) is 22.3 Å². The molecule has 1 unspecified atom stereocenters. The van der Waals surface area contributed by atoms with E-state index in [1.54, 1.807) is 32.2 Å². The molecular formula is C20H23N3O3S2. The minimum atomic E-state index is -3.53. The molecule has 0 amide bonds. The Morgan fingerprint density at radius 1 is 1.18 bits per heavy atom. The number of fused-ring (bicyclic) bond motifs is 1. The van der Waals surface area contributed by atoms with Crippen LogP contribution in [0.1, 0.15) is 31.1 Å². The molecule has 0 spiro atoms. The van der Waals surface area contributed by atoms with Crippen molar-refractivity contribution in [3.05, 3.63) is 54.4 Å². The van der Waals surface area contributed by atoms with Gasteiger partial charge in [0, 0.05) is 41.9 Å². The van der Waals surface area contributed by atoms with E-state index in [4.69, 9.17) is 0 Å². The summed E-state index contributed by atoms with van der Waals surface area (Å²) in [4.78, 5) is 20.4. The van der Waals surface area contributed by atoms with Crippen molar-refractivity contribution in [2.45, 2.75) is 35.9 Å². The first-order valence-corrected chi connectivity index (χ1v) is 11.4. The molecule has 1 atom stereocenters. The number of para-hydroxylation sites is 1. The largest absolute Gasteiger partial charge is 0.360 e. The topological polar surface area (TPSA) is 83.1 Å². The highest BCUT2D eigenvalue weighted by atomic mass is 32.2. The summed E-state index contributed by atoms with van der Waals surface area (Å²) in [6, 6.07) is 10.9. The van der Waals surface area contributed by atoms with E-state index in [9.17, 15) is 13.2 Å². The van der Waals surface area contributed by atoms with Crippen LogP contribution in [0.25, 0.3) is 10.9 Å². The molecule has 1 N–H and O–H groups in total. The molecule has 2 aromatic heterocycles. The maximum atomic E-state index is 12.8. The lowest BCUT2D eigenvalue weighted by atomic mass is 10.1. The summed E-state index contributed by atoms with van der Waals surface area (Å²) in [5.41, 5.74) is 1.57. The smallest absolute Gasteiger partial charge is 0.244 e.